The van der Waals surface area contributed by atoms with Gasteiger partial charge >= 0.3 is 0 Å². The van der Waals surface area contributed by atoms with Crippen LogP contribution in [0, 0.1) is 0 Å². The van der Waals surface area contributed by atoms with Crippen LogP contribution < -0.4 is 10.6 Å². The molecular weight excluding hydrogens is 505 g/mol. The van der Waals surface area contributed by atoms with E-state index in [0.717, 1.165) is 25.0 Å². The van der Waals surface area contributed by atoms with Crippen LogP contribution in [0.5, 0.6) is 0 Å². The van der Waals surface area contributed by atoms with Crippen LogP contribution in [0.15, 0.2) is 0 Å². The number of thioether (sulfide) groups is 1. The van der Waals surface area contributed by atoms with Crippen molar-refractivity contribution in [3.8, 4) is 0 Å². The molecule has 0 radical (unpaired) electrons. The van der Waals surface area contributed by atoms with E-state index in [1.807, 2.05) is 11.8 Å². The summed E-state index contributed by atoms with van der Waals surface area (Å²) < 4.78 is 0. The van der Waals surface area contributed by atoms with Gasteiger partial charge in [0, 0.05) is 18.7 Å². The standard InChI is InChI=1S/C11H19N3O2S.Rf/c1-12-9(15)5-3-2-4-8-10-7(6-17-8)13-11(16)14-10;/h7-8,10H,2-6H2,1H3,(H3,12,13,14,15,16);/p-1/t7-,8-,10-;/m0./s1. The number of carbonyl (C=O) groups is 2. The van der Waals surface area contributed by atoms with Crippen LogP contribution in [0.4, 0.5) is 4.79 Å². The van der Waals surface area contributed by atoms with Gasteiger partial charge in [-0.25, -0.2) is 0 Å². The Morgan fingerprint density at radius 3 is 3.06 bits per heavy atom. The molecule has 2 heterocycles. The zero-order valence-corrected chi connectivity index (χ0v) is 17.9. The summed E-state index contributed by atoms with van der Waals surface area (Å²) >= 11 is 1.89. The van der Waals surface area contributed by atoms with Crippen LogP contribution in [0.3, 0.4) is 0 Å². The number of hydrogen-bond acceptors (Lipinski definition) is 3. The van der Waals surface area contributed by atoms with Crippen molar-refractivity contribution >= 4 is 23.7 Å². The molecule has 2 rings (SSSR count). The molecule has 2 saturated heterocycles. The van der Waals surface area contributed by atoms with Crippen molar-refractivity contribution in [2.24, 2.45) is 0 Å². The van der Waals surface area contributed by atoms with Gasteiger partial charge < -0.3 is 16.0 Å². The maximum Gasteiger partial charge on any atom is 0.219 e. The van der Waals surface area contributed by atoms with Gasteiger partial charge in [-0.1, -0.05) is 6.42 Å². The topological polar surface area (TPSA) is 72.3 Å². The number of carbonyl (C=O) groups excluding carboxylic acids is 2. The number of nitrogens with one attached hydrogen (secondary N) is 2. The van der Waals surface area contributed by atoms with E-state index in [1.54, 1.807) is 7.05 Å². The summed E-state index contributed by atoms with van der Waals surface area (Å²) in [5.41, 5.74) is 0. The molecule has 0 saturated carbocycles. The van der Waals surface area contributed by atoms with E-state index in [9.17, 15) is 9.59 Å². The predicted molar refractivity (Wildman–Crippen MR) is 68.2 cm³/mol. The summed E-state index contributed by atoms with van der Waals surface area (Å²) in [5.74, 6) is 1.05. The van der Waals surface area contributed by atoms with E-state index in [2.05, 4.69) is 16.0 Å². The van der Waals surface area contributed by atoms with E-state index in [4.69, 9.17) is 0 Å². The second-order valence-electron chi connectivity index (χ2n) is 4.46. The maximum absolute atomic E-state index is 11.1. The molecule has 2 N–H and O–H groups in total. The van der Waals surface area contributed by atoms with Crippen molar-refractivity contribution in [3.63, 3.8) is 0 Å². The average Bonchev–Trinajstić information content (AvgIpc) is 2.84. The summed E-state index contributed by atoms with van der Waals surface area (Å²) in [4.78, 5) is 22.2. The molecule has 98 valence electrons. The molecule has 0 bridgehead atoms. The Hall–Kier alpha value is -1.91. The molecule has 0 aromatic heterocycles. The Bertz CT molecular complexity index is 317. The van der Waals surface area contributed by atoms with Gasteiger partial charge in [0.2, 0.25) is 5.91 Å². The predicted octanol–water partition coefficient (Wildman–Crippen LogP) is 1.24. The van der Waals surface area contributed by atoms with Crippen LogP contribution in [0.1, 0.15) is 25.7 Å². The molecule has 0 unspecified atom stereocenters. The van der Waals surface area contributed by atoms with Crippen LogP contribution in [0.2, 0.25) is 0 Å². The molecule has 2 aliphatic heterocycles. The average molecular weight is 523 g/mol. The van der Waals surface area contributed by atoms with Crippen LogP contribution in [-0.4, -0.2) is 42.1 Å². The normalized spacial score (nSPS) is 28.9. The van der Waals surface area contributed by atoms with Crippen LogP contribution in [0.25, 0.3) is 5.32 Å². The number of rotatable bonds is 5. The fourth-order valence-electron chi connectivity index (χ4n) is 2.33. The number of hydrogen-bond donors (Lipinski definition) is 2. The van der Waals surface area contributed by atoms with Crippen LogP contribution >= 0.6 is 11.8 Å². The molecule has 0 aromatic rings. The first-order valence-corrected chi connectivity index (χ1v) is 7.09. The fourth-order valence-corrected chi connectivity index (χ4v) is 3.85. The van der Waals surface area contributed by atoms with E-state index in [0.29, 0.717) is 11.7 Å². The minimum atomic E-state index is -0.157. The Balaban J connectivity index is 0.00000162. The number of urea groups is 1. The molecule has 3 atom stereocenters. The molecule has 2 aliphatic rings. The first-order chi connectivity index (χ1) is 8.20. The Labute approximate surface area is 105 Å². The van der Waals surface area contributed by atoms with Gasteiger partial charge in [0.25, 0.3) is 0 Å². The van der Waals surface area contributed by atoms with Gasteiger partial charge in [-0.15, -0.1) is 0 Å². The van der Waals surface area contributed by atoms with Gasteiger partial charge in [0.1, 0.15) is 0 Å². The summed E-state index contributed by atoms with van der Waals surface area (Å²) in [7, 11) is 1.66. The van der Waals surface area contributed by atoms with Crippen molar-refractivity contribution in [3.05, 3.63) is 5.32 Å². The first kappa shape index (κ1) is 14.2. The Morgan fingerprint density at radius 1 is 1.56 bits per heavy atom. The quantitative estimate of drug-likeness (QED) is 0.421. The van der Waals surface area contributed by atoms with Gasteiger partial charge in [-0.2, -0.15) is 11.8 Å². The van der Waals surface area contributed by atoms with E-state index in [-0.39, 0.29) is 24.0 Å². The Morgan fingerprint density at radius 2 is 2.33 bits per heavy atom. The largest absolute Gasteiger partial charge is 0.445 e. The van der Waals surface area contributed by atoms with Crippen molar-refractivity contribution in [2.45, 2.75) is 43.0 Å². The summed E-state index contributed by atoms with van der Waals surface area (Å²) in [6.07, 6.45) is 3.60. The zero-order valence-electron chi connectivity index (χ0n) is 10.6. The van der Waals surface area contributed by atoms with Gasteiger partial charge in [0.05, 0.1) is 0 Å². The van der Waals surface area contributed by atoms with Crippen molar-refractivity contribution < 1.29 is 9.59 Å². The van der Waals surface area contributed by atoms with E-state index in [1.165, 1.54) is 0 Å². The smallest absolute Gasteiger partial charge is 0.219 e. The molecule has 0 spiro atoms. The summed E-state index contributed by atoms with van der Waals surface area (Å²) in [5, 5.41) is 10.0. The van der Waals surface area contributed by atoms with E-state index < -0.39 is 0 Å². The third kappa shape index (κ3) is 3.06. The summed E-state index contributed by atoms with van der Waals surface area (Å²) in [6.45, 7) is 0. The minimum absolute atomic E-state index is 0. The monoisotopic (exact) mass is 523 g/mol. The molecule has 0 aliphatic carbocycles. The first-order valence-electron chi connectivity index (χ1n) is 6.04. The second kappa shape index (κ2) is 6.14. The number of amides is 3. The molecule has 3 amide bonds. The van der Waals surface area contributed by atoms with Gasteiger partial charge in [-0.05, 0) is 30.7 Å². The maximum atomic E-state index is 11.1. The SMILES string of the molecule is CNC(=O)CCCC[C@@H]1SC[C@@H]2[N-]C(=O)N[C@@H]21.[Rf]. The fraction of sp³-hybridized carbons (Fsp3) is 0.818. The molecule has 7 heteroatoms. The zero-order chi connectivity index (χ0) is 12.3. The molecule has 18 heavy (non-hydrogen) atoms. The molecule has 5 nitrogen and oxygen atoms in total. The second-order valence-corrected chi connectivity index (χ2v) is 5.73. The van der Waals surface area contributed by atoms with Gasteiger partial charge in [-0.3, -0.25) is 9.59 Å². The molecular formula is C11H18N3O2RfS-. The number of unbranched alkanes of at least 4 members (excludes halogenated alkanes) is 1. The van der Waals surface area contributed by atoms with Crippen molar-refractivity contribution in [2.75, 3.05) is 12.8 Å². The van der Waals surface area contributed by atoms with Gasteiger partial charge in [0.15, 0.2) is 6.03 Å². The minimum Gasteiger partial charge on any atom is -0.445 e. The van der Waals surface area contributed by atoms with Crippen LogP contribution in [-0.2, 0) is 4.79 Å². The van der Waals surface area contributed by atoms with E-state index >= 15 is 0 Å². The summed E-state index contributed by atoms with van der Waals surface area (Å²) in [6, 6.07) is 0.250. The van der Waals surface area contributed by atoms with Crippen molar-refractivity contribution in [1.82, 2.24) is 10.6 Å². The van der Waals surface area contributed by atoms with Crippen molar-refractivity contribution in [1.29, 1.82) is 0 Å². The number of nitrogens with zero attached hydrogens (tertiary/aromatic N) is 1. The Kier molecular flexibility index (Phi) is 4.83. The third-order valence-corrected chi connectivity index (χ3v) is 4.78. The number of fused-ring (bicyclic) bond motifs is 1. The molecule has 2 fully saturated rings. The molecule has 0 aromatic carbocycles. The third-order valence-electron chi connectivity index (χ3n) is 3.29.